The zero-order chi connectivity index (χ0) is 21.0. The quantitative estimate of drug-likeness (QED) is 0.571. The molecule has 1 aliphatic rings. The van der Waals surface area contributed by atoms with Gasteiger partial charge in [-0.05, 0) is 42.8 Å². The van der Waals surface area contributed by atoms with E-state index in [1.807, 2.05) is 30.3 Å². The van der Waals surface area contributed by atoms with Crippen LogP contribution in [0.2, 0.25) is 0 Å². The summed E-state index contributed by atoms with van der Waals surface area (Å²) in [6, 6.07) is 14.9. The van der Waals surface area contributed by atoms with Gasteiger partial charge in [-0.2, -0.15) is 0 Å². The number of hydrogen-bond acceptors (Lipinski definition) is 5. The highest BCUT2D eigenvalue weighted by Gasteiger charge is 2.26. The molecule has 2 heterocycles. The maximum absolute atomic E-state index is 13.7. The summed E-state index contributed by atoms with van der Waals surface area (Å²) < 4.78 is 34.4. The molecule has 4 rings (SSSR count). The van der Waals surface area contributed by atoms with Gasteiger partial charge in [0.1, 0.15) is 0 Å². The van der Waals surface area contributed by atoms with E-state index in [9.17, 15) is 8.42 Å². The maximum atomic E-state index is 13.7. The molecule has 0 saturated carbocycles. The maximum Gasteiger partial charge on any atom is 0.264 e. The number of nitrogens with zero attached hydrogens (tertiary/aromatic N) is 3. The van der Waals surface area contributed by atoms with Crippen LogP contribution in [0.4, 0.5) is 11.4 Å². The molecule has 2 aromatic carbocycles. The molecule has 7 heteroatoms. The third-order valence-corrected chi connectivity index (χ3v) is 7.32. The third-order valence-electron chi connectivity index (χ3n) is 5.44. The van der Waals surface area contributed by atoms with Crippen LogP contribution in [-0.2, 0) is 14.8 Å². The van der Waals surface area contributed by atoms with Gasteiger partial charge in [-0.25, -0.2) is 8.42 Å². The standard InChI is InChI=1S/C23H27N3O3S/c1-2-3-13-26(21-9-7-20(8-10-21)25-14-16-29-17-15-25)30(27,28)23-6-4-5-19-18-24-12-11-22(19)23/h4-12,18H,2-3,13-17H2,1H3. The molecule has 0 N–H and O–H groups in total. The molecule has 0 unspecified atom stereocenters. The Hall–Kier alpha value is -2.64. The second-order valence-corrected chi connectivity index (χ2v) is 9.23. The number of benzene rings is 2. The second-order valence-electron chi connectivity index (χ2n) is 7.40. The van der Waals surface area contributed by atoms with Crippen LogP contribution in [0.25, 0.3) is 10.8 Å². The lowest BCUT2D eigenvalue weighted by atomic mass is 10.2. The average molecular weight is 426 g/mol. The Balaban J connectivity index is 1.71. The predicted octanol–water partition coefficient (Wildman–Crippen LogP) is 4.07. The monoisotopic (exact) mass is 425 g/mol. The van der Waals surface area contributed by atoms with E-state index in [2.05, 4.69) is 16.8 Å². The Morgan fingerprint density at radius 3 is 2.57 bits per heavy atom. The number of sulfonamides is 1. The molecule has 0 bridgehead atoms. The van der Waals surface area contributed by atoms with Gasteiger partial charge in [0, 0.05) is 48.5 Å². The van der Waals surface area contributed by atoms with E-state index in [1.165, 1.54) is 4.31 Å². The fraction of sp³-hybridized carbons (Fsp3) is 0.348. The van der Waals surface area contributed by atoms with Crippen molar-refractivity contribution in [2.75, 3.05) is 42.1 Å². The molecule has 0 amide bonds. The van der Waals surface area contributed by atoms with Crippen LogP contribution in [0.1, 0.15) is 19.8 Å². The molecular formula is C23H27N3O3S. The first-order valence-corrected chi connectivity index (χ1v) is 11.8. The van der Waals surface area contributed by atoms with Gasteiger partial charge < -0.3 is 9.64 Å². The summed E-state index contributed by atoms with van der Waals surface area (Å²) in [5.41, 5.74) is 1.78. The number of pyridine rings is 1. The number of fused-ring (bicyclic) bond motifs is 1. The van der Waals surface area contributed by atoms with Crippen LogP contribution >= 0.6 is 0 Å². The molecule has 1 aliphatic heterocycles. The lowest BCUT2D eigenvalue weighted by Crippen LogP contribution is -2.36. The Labute approximate surface area is 178 Å². The molecule has 1 aromatic heterocycles. The van der Waals surface area contributed by atoms with E-state index >= 15 is 0 Å². The van der Waals surface area contributed by atoms with Crippen LogP contribution in [0, 0.1) is 0 Å². The lowest BCUT2D eigenvalue weighted by Gasteiger charge is -2.30. The van der Waals surface area contributed by atoms with Gasteiger partial charge in [-0.1, -0.05) is 25.5 Å². The SMILES string of the molecule is CCCCN(c1ccc(N2CCOCC2)cc1)S(=O)(=O)c1cccc2cnccc12. The first-order chi connectivity index (χ1) is 14.6. The number of aromatic nitrogens is 1. The Morgan fingerprint density at radius 2 is 1.83 bits per heavy atom. The van der Waals surface area contributed by atoms with E-state index in [4.69, 9.17) is 4.74 Å². The van der Waals surface area contributed by atoms with Crippen LogP contribution in [0.15, 0.2) is 65.8 Å². The van der Waals surface area contributed by atoms with Gasteiger partial charge in [-0.3, -0.25) is 9.29 Å². The number of hydrogen-bond donors (Lipinski definition) is 0. The molecule has 1 fully saturated rings. The largest absolute Gasteiger partial charge is 0.378 e. The fourth-order valence-corrected chi connectivity index (χ4v) is 5.50. The summed E-state index contributed by atoms with van der Waals surface area (Å²) in [6.07, 6.45) is 5.03. The molecule has 0 aliphatic carbocycles. The van der Waals surface area contributed by atoms with Crippen LogP contribution < -0.4 is 9.21 Å². The second kappa shape index (κ2) is 9.02. The Morgan fingerprint density at radius 1 is 1.07 bits per heavy atom. The minimum Gasteiger partial charge on any atom is -0.378 e. The van der Waals surface area contributed by atoms with Crippen molar-refractivity contribution in [2.24, 2.45) is 0 Å². The van der Waals surface area contributed by atoms with Crippen LogP contribution in [0.3, 0.4) is 0 Å². The molecule has 158 valence electrons. The van der Waals surface area contributed by atoms with E-state index in [-0.39, 0.29) is 0 Å². The highest BCUT2D eigenvalue weighted by Crippen LogP contribution is 2.30. The first-order valence-electron chi connectivity index (χ1n) is 10.4. The highest BCUT2D eigenvalue weighted by atomic mass is 32.2. The number of ether oxygens (including phenoxy) is 1. The van der Waals surface area contributed by atoms with Crippen molar-refractivity contribution >= 4 is 32.2 Å². The molecule has 3 aromatic rings. The lowest BCUT2D eigenvalue weighted by molar-refractivity contribution is 0.122. The van der Waals surface area contributed by atoms with Gasteiger partial charge in [0.15, 0.2) is 0 Å². The van der Waals surface area contributed by atoms with Crippen molar-refractivity contribution in [3.8, 4) is 0 Å². The number of unbranched alkanes of at least 4 members (excludes halogenated alkanes) is 1. The van der Waals surface area contributed by atoms with Crippen LogP contribution in [0.5, 0.6) is 0 Å². The van der Waals surface area contributed by atoms with Gasteiger partial charge in [0.25, 0.3) is 10.0 Å². The molecule has 1 saturated heterocycles. The van der Waals surface area contributed by atoms with Crippen molar-refractivity contribution in [1.82, 2.24) is 4.98 Å². The van der Waals surface area contributed by atoms with Crippen molar-refractivity contribution < 1.29 is 13.2 Å². The summed E-state index contributed by atoms with van der Waals surface area (Å²) in [5.74, 6) is 0. The summed E-state index contributed by atoms with van der Waals surface area (Å²) in [4.78, 5) is 6.70. The van der Waals surface area contributed by atoms with Crippen LogP contribution in [-0.4, -0.2) is 46.2 Å². The molecule has 0 radical (unpaired) electrons. The summed E-state index contributed by atoms with van der Waals surface area (Å²) in [5, 5.41) is 1.51. The van der Waals surface area contributed by atoms with E-state index in [0.29, 0.717) is 35.7 Å². The normalized spacial score (nSPS) is 14.8. The van der Waals surface area contributed by atoms with E-state index < -0.39 is 10.0 Å². The third kappa shape index (κ3) is 4.13. The topological polar surface area (TPSA) is 62.7 Å². The minimum atomic E-state index is -3.72. The highest BCUT2D eigenvalue weighted by molar-refractivity contribution is 7.93. The molecule has 0 atom stereocenters. The summed E-state index contributed by atoms with van der Waals surface area (Å²) >= 11 is 0. The number of anilines is 2. The summed E-state index contributed by atoms with van der Waals surface area (Å²) in [7, 11) is -3.72. The molecule has 30 heavy (non-hydrogen) atoms. The molecule has 6 nitrogen and oxygen atoms in total. The van der Waals surface area contributed by atoms with Gasteiger partial charge >= 0.3 is 0 Å². The van der Waals surface area contributed by atoms with Crippen molar-refractivity contribution in [3.63, 3.8) is 0 Å². The van der Waals surface area contributed by atoms with Crippen molar-refractivity contribution in [1.29, 1.82) is 0 Å². The zero-order valence-electron chi connectivity index (χ0n) is 17.2. The number of morpholine rings is 1. The number of rotatable bonds is 7. The van der Waals surface area contributed by atoms with Crippen molar-refractivity contribution in [2.45, 2.75) is 24.7 Å². The summed E-state index contributed by atoms with van der Waals surface area (Å²) in [6.45, 7) is 5.64. The zero-order valence-corrected chi connectivity index (χ0v) is 18.0. The molecular weight excluding hydrogens is 398 g/mol. The van der Waals surface area contributed by atoms with Gasteiger partial charge in [0.05, 0.1) is 23.8 Å². The Kier molecular flexibility index (Phi) is 6.20. The van der Waals surface area contributed by atoms with Gasteiger partial charge in [-0.15, -0.1) is 0 Å². The Bertz CT molecular complexity index is 1090. The van der Waals surface area contributed by atoms with Crippen molar-refractivity contribution in [3.05, 3.63) is 60.9 Å². The molecule has 0 spiro atoms. The smallest absolute Gasteiger partial charge is 0.264 e. The minimum absolute atomic E-state index is 0.316. The fourth-order valence-electron chi connectivity index (χ4n) is 3.78. The average Bonchev–Trinajstić information content (AvgIpc) is 2.80. The van der Waals surface area contributed by atoms with E-state index in [0.717, 1.165) is 37.0 Å². The predicted molar refractivity (Wildman–Crippen MR) is 121 cm³/mol. The first kappa shape index (κ1) is 20.6. The van der Waals surface area contributed by atoms with Gasteiger partial charge in [0.2, 0.25) is 0 Å². The van der Waals surface area contributed by atoms with E-state index in [1.54, 1.807) is 30.6 Å².